The molecule has 0 aliphatic carbocycles. The van der Waals surface area contributed by atoms with Crippen molar-refractivity contribution in [1.82, 2.24) is 15.3 Å². The van der Waals surface area contributed by atoms with Crippen LogP contribution in [0, 0.1) is 13.8 Å². The normalized spacial score (nSPS) is 11.9. The van der Waals surface area contributed by atoms with Gasteiger partial charge in [0, 0.05) is 22.6 Å². The number of sulfonamides is 1. The van der Waals surface area contributed by atoms with Gasteiger partial charge in [0.25, 0.3) is 15.9 Å². The third-order valence-corrected chi connectivity index (χ3v) is 6.41. The number of nitrogens with one attached hydrogen (secondary N) is 3. The first-order chi connectivity index (χ1) is 16.6. The summed E-state index contributed by atoms with van der Waals surface area (Å²) in [7, 11) is -3.88. The van der Waals surface area contributed by atoms with Crippen LogP contribution in [-0.4, -0.2) is 35.5 Å². The van der Waals surface area contributed by atoms with Crippen LogP contribution in [0.15, 0.2) is 59.5 Å². The molecule has 0 saturated heterocycles. The molecule has 0 aliphatic rings. The van der Waals surface area contributed by atoms with Gasteiger partial charge in [-0.3, -0.25) is 10.1 Å². The van der Waals surface area contributed by atoms with Crippen molar-refractivity contribution in [2.75, 3.05) is 10.0 Å². The van der Waals surface area contributed by atoms with Gasteiger partial charge in [0.15, 0.2) is 5.11 Å². The van der Waals surface area contributed by atoms with E-state index < -0.39 is 15.9 Å². The van der Waals surface area contributed by atoms with Crippen LogP contribution >= 0.6 is 12.2 Å². The van der Waals surface area contributed by atoms with E-state index in [1.54, 1.807) is 44.2 Å². The van der Waals surface area contributed by atoms with Gasteiger partial charge < -0.3 is 10.1 Å². The fraction of sp³-hybridized carbons (Fsp3) is 0.250. The predicted octanol–water partition coefficient (Wildman–Crippen LogP) is 4.20. The zero-order chi connectivity index (χ0) is 25.6. The largest absolute Gasteiger partial charge is 0.491 e. The van der Waals surface area contributed by atoms with E-state index >= 15 is 0 Å². The Morgan fingerprint density at radius 3 is 2.34 bits per heavy atom. The molecule has 0 spiro atoms. The van der Waals surface area contributed by atoms with Crippen LogP contribution in [0.5, 0.6) is 5.75 Å². The molecule has 35 heavy (non-hydrogen) atoms. The molecule has 9 nitrogen and oxygen atoms in total. The molecule has 1 heterocycles. The molecule has 1 aromatic heterocycles. The van der Waals surface area contributed by atoms with E-state index in [-0.39, 0.29) is 22.1 Å². The van der Waals surface area contributed by atoms with E-state index in [0.29, 0.717) is 28.4 Å². The number of carbonyl (C=O) groups is 1. The number of anilines is 2. The zero-order valence-corrected chi connectivity index (χ0v) is 21.5. The van der Waals surface area contributed by atoms with Crippen molar-refractivity contribution in [3.05, 3.63) is 71.5 Å². The Hall–Kier alpha value is -3.57. The number of nitrogens with zero attached hydrogens (tertiary/aromatic N) is 2. The zero-order valence-electron chi connectivity index (χ0n) is 19.8. The molecule has 0 bridgehead atoms. The molecule has 0 radical (unpaired) electrons. The molecule has 3 N–H and O–H groups in total. The van der Waals surface area contributed by atoms with Gasteiger partial charge in [0.1, 0.15) is 5.75 Å². The molecule has 184 valence electrons. The van der Waals surface area contributed by atoms with E-state index in [2.05, 4.69) is 25.3 Å². The Morgan fingerprint density at radius 1 is 1.06 bits per heavy atom. The molecule has 0 saturated carbocycles. The molecule has 2 aromatic carbocycles. The number of amides is 1. The topological polar surface area (TPSA) is 122 Å². The van der Waals surface area contributed by atoms with Gasteiger partial charge in [-0.05, 0) is 87.9 Å². The van der Waals surface area contributed by atoms with Crippen molar-refractivity contribution in [2.24, 2.45) is 0 Å². The Labute approximate surface area is 210 Å². The van der Waals surface area contributed by atoms with E-state index in [1.165, 1.54) is 24.3 Å². The highest BCUT2D eigenvalue weighted by atomic mass is 32.2. The van der Waals surface area contributed by atoms with E-state index in [0.717, 1.165) is 6.42 Å². The predicted molar refractivity (Wildman–Crippen MR) is 139 cm³/mol. The molecule has 11 heteroatoms. The minimum atomic E-state index is -3.88. The molecule has 3 aromatic rings. The van der Waals surface area contributed by atoms with Crippen LogP contribution in [0.1, 0.15) is 42.0 Å². The standard InChI is InChI=1S/C24H27N5O4S2/c1-5-17(4)33-20-8-6-7-18(14-20)22(30)28-24(34)27-19-9-11-21(12-10-19)35(31,32)29-23-25-15(2)13-16(3)26-23/h6-14,17H,5H2,1-4H3,(H,25,26,29)(H2,27,28,30,34). The quantitative estimate of drug-likeness (QED) is 0.383. The summed E-state index contributed by atoms with van der Waals surface area (Å²) in [5, 5.41) is 5.55. The summed E-state index contributed by atoms with van der Waals surface area (Å²) in [4.78, 5) is 20.8. The Bertz CT molecular complexity index is 1310. The first-order valence-corrected chi connectivity index (χ1v) is 12.8. The van der Waals surface area contributed by atoms with Gasteiger partial charge in [0.05, 0.1) is 11.0 Å². The second-order valence-corrected chi connectivity index (χ2v) is 9.97. The Balaban J connectivity index is 1.61. The van der Waals surface area contributed by atoms with Crippen LogP contribution in [0.2, 0.25) is 0 Å². The smallest absolute Gasteiger partial charge is 0.264 e. The van der Waals surface area contributed by atoms with Gasteiger partial charge in [-0.25, -0.2) is 23.1 Å². The first-order valence-electron chi connectivity index (χ1n) is 10.9. The van der Waals surface area contributed by atoms with Crippen molar-refractivity contribution in [3.8, 4) is 5.75 Å². The van der Waals surface area contributed by atoms with Crippen LogP contribution in [0.25, 0.3) is 0 Å². The van der Waals surface area contributed by atoms with Gasteiger partial charge in [0.2, 0.25) is 5.95 Å². The lowest BCUT2D eigenvalue weighted by Crippen LogP contribution is -2.34. The van der Waals surface area contributed by atoms with E-state index in [9.17, 15) is 13.2 Å². The van der Waals surface area contributed by atoms with Gasteiger partial charge in [-0.2, -0.15) is 0 Å². The molecule has 0 fully saturated rings. The highest BCUT2D eigenvalue weighted by Gasteiger charge is 2.16. The maximum Gasteiger partial charge on any atom is 0.264 e. The number of aromatic nitrogens is 2. The minimum Gasteiger partial charge on any atom is -0.491 e. The van der Waals surface area contributed by atoms with Crippen molar-refractivity contribution in [3.63, 3.8) is 0 Å². The fourth-order valence-electron chi connectivity index (χ4n) is 3.03. The van der Waals surface area contributed by atoms with Crippen LogP contribution < -0.4 is 20.1 Å². The lowest BCUT2D eigenvalue weighted by Gasteiger charge is -2.14. The lowest BCUT2D eigenvalue weighted by molar-refractivity contribution is 0.0977. The summed E-state index contributed by atoms with van der Waals surface area (Å²) in [5.41, 5.74) is 2.21. The lowest BCUT2D eigenvalue weighted by atomic mass is 10.2. The number of rotatable bonds is 8. The van der Waals surface area contributed by atoms with Crippen LogP contribution in [0.4, 0.5) is 11.6 Å². The molecular formula is C24H27N5O4S2. The number of benzene rings is 2. The van der Waals surface area contributed by atoms with Crippen molar-refractivity contribution >= 4 is 44.9 Å². The van der Waals surface area contributed by atoms with E-state index in [4.69, 9.17) is 17.0 Å². The third kappa shape index (κ3) is 7.46. The number of ether oxygens (including phenoxy) is 1. The summed E-state index contributed by atoms with van der Waals surface area (Å²) >= 11 is 5.23. The second kappa shape index (κ2) is 11.2. The van der Waals surface area contributed by atoms with Crippen LogP contribution in [-0.2, 0) is 10.0 Å². The highest BCUT2D eigenvalue weighted by molar-refractivity contribution is 7.92. The van der Waals surface area contributed by atoms with Gasteiger partial charge in [-0.1, -0.05) is 13.0 Å². The number of carbonyl (C=O) groups excluding carboxylic acids is 1. The average molecular weight is 514 g/mol. The number of hydrogen-bond donors (Lipinski definition) is 3. The Kier molecular flexibility index (Phi) is 8.36. The highest BCUT2D eigenvalue weighted by Crippen LogP contribution is 2.18. The maximum atomic E-state index is 12.7. The summed E-state index contributed by atoms with van der Waals surface area (Å²) in [5.74, 6) is 0.212. The number of hydrogen-bond acceptors (Lipinski definition) is 7. The monoisotopic (exact) mass is 513 g/mol. The van der Waals surface area contributed by atoms with Crippen LogP contribution in [0.3, 0.4) is 0 Å². The summed E-state index contributed by atoms with van der Waals surface area (Å²) in [6, 6.07) is 14.5. The van der Waals surface area contributed by atoms with Crippen molar-refractivity contribution in [2.45, 2.75) is 45.1 Å². The second-order valence-electron chi connectivity index (χ2n) is 7.88. The molecule has 1 unspecified atom stereocenters. The number of thiocarbonyl (C=S) groups is 1. The van der Waals surface area contributed by atoms with Crippen molar-refractivity contribution in [1.29, 1.82) is 0 Å². The molecule has 3 rings (SSSR count). The SMILES string of the molecule is CCC(C)Oc1cccc(C(=O)NC(=S)Nc2ccc(S(=O)(=O)Nc3nc(C)cc(C)n3)cc2)c1. The Morgan fingerprint density at radius 2 is 1.71 bits per heavy atom. The maximum absolute atomic E-state index is 12.7. The van der Waals surface area contributed by atoms with E-state index in [1.807, 2.05) is 13.8 Å². The fourth-order valence-corrected chi connectivity index (χ4v) is 4.19. The van der Waals surface area contributed by atoms with Crippen molar-refractivity contribution < 1.29 is 17.9 Å². The molecule has 0 aliphatic heterocycles. The minimum absolute atomic E-state index is 0.00668. The number of aryl methyl sites for hydroxylation is 2. The van der Waals surface area contributed by atoms with Gasteiger partial charge in [-0.15, -0.1) is 0 Å². The molecular weight excluding hydrogens is 486 g/mol. The van der Waals surface area contributed by atoms with Gasteiger partial charge >= 0.3 is 0 Å². The average Bonchev–Trinajstić information content (AvgIpc) is 2.78. The third-order valence-electron chi connectivity index (χ3n) is 4.87. The molecule has 1 atom stereocenters. The first kappa shape index (κ1) is 26.0. The molecule has 1 amide bonds. The summed E-state index contributed by atoms with van der Waals surface area (Å²) < 4.78 is 33.5. The summed E-state index contributed by atoms with van der Waals surface area (Å²) in [6.45, 7) is 7.48. The summed E-state index contributed by atoms with van der Waals surface area (Å²) in [6.07, 6.45) is 0.881.